The molecule has 2 saturated carbocycles. The second-order valence-electron chi connectivity index (χ2n) is 6.58. The molecule has 1 atom stereocenters. The maximum atomic E-state index is 6.25. The van der Waals surface area contributed by atoms with Crippen LogP contribution in [-0.4, -0.2) is 15.8 Å². The average Bonchev–Trinajstić information content (AvgIpc) is 2.83. The van der Waals surface area contributed by atoms with Gasteiger partial charge in [-0.1, -0.05) is 38.5 Å². The van der Waals surface area contributed by atoms with Crippen LogP contribution in [0.15, 0.2) is 12.3 Å². The van der Waals surface area contributed by atoms with Crippen LogP contribution < -0.4 is 5.73 Å². The molecule has 0 amide bonds. The number of hydrogen-bond donors (Lipinski definition) is 1. The van der Waals surface area contributed by atoms with Gasteiger partial charge in [0.25, 0.3) is 0 Å². The molecule has 0 radical (unpaired) electrons. The summed E-state index contributed by atoms with van der Waals surface area (Å²) < 4.78 is 2.20. The first-order chi connectivity index (χ1) is 9.31. The van der Waals surface area contributed by atoms with E-state index in [2.05, 4.69) is 16.9 Å². The van der Waals surface area contributed by atoms with Crippen LogP contribution in [0.1, 0.15) is 69.5 Å². The number of rotatable bonds is 5. The molecule has 2 aliphatic rings. The van der Waals surface area contributed by atoms with E-state index in [1.165, 1.54) is 63.5 Å². The fraction of sp³-hybridized carbons (Fsp3) is 0.812. The highest BCUT2D eigenvalue weighted by molar-refractivity contribution is 5.02. The molecule has 2 N–H and O–H groups in total. The van der Waals surface area contributed by atoms with Gasteiger partial charge in [-0.15, -0.1) is 0 Å². The topological polar surface area (TPSA) is 43.8 Å². The summed E-state index contributed by atoms with van der Waals surface area (Å²) in [6, 6.07) is 3.13. The van der Waals surface area contributed by atoms with Crippen molar-refractivity contribution in [3.8, 4) is 0 Å². The zero-order valence-corrected chi connectivity index (χ0v) is 11.9. The molecule has 0 aromatic carbocycles. The summed E-state index contributed by atoms with van der Waals surface area (Å²) in [6.45, 7) is 0. The van der Waals surface area contributed by atoms with Gasteiger partial charge < -0.3 is 5.73 Å². The van der Waals surface area contributed by atoms with Crippen molar-refractivity contribution in [2.45, 2.75) is 76.3 Å². The van der Waals surface area contributed by atoms with Crippen LogP contribution in [-0.2, 0) is 6.42 Å². The van der Waals surface area contributed by atoms with Crippen molar-refractivity contribution >= 4 is 0 Å². The third-order valence-corrected chi connectivity index (χ3v) is 4.94. The van der Waals surface area contributed by atoms with Crippen molar-refractivity contribution in [1.29, 1.82) is 0 Å². The fourth-order valence-electron chi connectivity index (χ4n) is 3.54. The van der Waals surface area contributed by atoms with E-state index in [-0.39, 0.29) is 0 Å². The summed E-state index contributed by atoms with van der Waals surface area (Å²) in [5.41, 5.74) is 7.45. The minimum atomic E-state index is 0.306. The predicted molar refractivity (Wildman–Crippen MR) is 78.0 cm³/mol. The Labute approximate surface area is 116 Å². The van der Waals surface area contributed by atoms with Crippen LogP contribution in [0.3, 0.4) is 0 Å². The first-order valence-electron chi connectivity index (χ1n) is 8.11. The van der Waals surface area contributed by atoms with Gasteiger partial charge in [0.2, 0.25) is 0 Å². The summed E-state index contributed by atoms with van der Waals surface area (Å²) in [5, 5.41) is 4.76. The Hall–Kier alpha value is -0.830. The molecule has 3 nitrogen and oxygen atoms in total. The van der Waals surface area contributed by atoms with Crippen molar-refractivity contribution in [2.24, 2.45) is 11.7 Å². The molecule has 0 aliphatic heterocycles. The highest BCUT2D eigenvalue weighted by atomic mass is 15.3. The normalized spacial score (nSPS) is 23.2. The van der Waals surface area contributed by atoms with Crippen LogP contribution >= 0.6 is 0 Å². The van der Waals surface area contributed by atoms with E-state index < -0.39 is 0 Å². The molecule has 0 saturated heterocycles. The summed E-state index contributed by atoms with van der Waals surface area (Å²) in [7, 11) is 0. The van der Waals surface area contributed by atoms with Gasteiger partial charge in [-0.05, 0) is 31.2 Å². The lowest BCUT2D eigenvalue weighted by Crippen LogP contribution is -2.28. The molecule has 1 aromatic heterocycles. The van der Waals surface area contributed by atoms with Gasteiger partial charge in [0.15, 0.2) is 0 Å². The van der Waals surface area contributed by atoms with E-state index in [0.29, 0.717) is 12.1 Å². The molecule has 3 rings (SSSR count). The molecule has 0 bridgehead atoms. The predicted octanol–water partition coefficient (Wildman–Crippen LogP) is 3.45. The summed E-state index contributed by atoms with van der Waals surface area (Å²) in [5.74, 6) is 0.899. The number of nitrogens with two attached hydrogens (primary N) is 1. The fourth-order valence-corrected chi connectivity index (χ4v) is 3.54. The van der Waals surface area contributed by atoms with Crippen molar-refractivity contribution in [1.82, 2.24) is 9.78 Å². The maximum Gasteiger partial charge on any atom is 0.0640 e. The van der Waals surface area contributed by atoms with E-state index in [1.807, 2.05) is 0 Å². The standard InChI is InChI=1S/C16H27N3/c17-14(11-13-5-4-6-13)12-15-9-10-19(18-15)16-7-2-1-3-8-16/h9-10,13-14,16H,1-8,11-12,17H2. The maximum absolute atomic E-state index is 6.25. The first kappa shape index (κ1) is 13.2. The first-order valence-corrected chi connectivity index (χ1v) is 8.11. The van der Waals surface area contributed by atoms with Gasteiger partial charge in [-0.3, -0.25) is 4.68 Å². The van der Waals surface area contributed by atoms with Gasteiger partial charge in [0.1, 0.15) is 0 Å². The lowest BCUT2D eigenvalue weighted by molar-refractivity contribution is 0.274. The quantitative estimate of drug-likeness (QED) is 0.882. The smallest absolute Gasteiger partial charge is 0.0640 e. The Kier molecular flexibility index (Phi) is 4.21. The lowest BCUT2D eigenvalue weighted by Gasteiger charge is -2.27. The SMILES string of the molecule is NC(Cc1ccn(C2CCCCC2)n1)CC1CCC1. The van der Waals surface area contributed by atoms with Gasteiger partial charge in [0, 0.05) is 18.7 Å². The number of nitrogens with zero attached hydrogens (tertiary/aromatic N) is 2. The van der Waals surface area contributed by atoms with E-state index in [9.17, 15) is 0 Å². The molecule has 2 aliphatic carbocycles. The third kappa shape index (κ3) is 3.38. The van der Waals surface area contributed by atoms with Crippen LogP contribution in [0.25, 0.3) is 0 Å². The van der Waals surface area contributed by atoms with E-state index in [0.717, 1.165) is 12.3 Å². The van der Waals surface area contributed by atoms with Gasteiger partial charge >= 0.3 is 0 Å². The molecule has 1 unspecified atom stereocenters. The molecular weight excluding hydrogens is 234 g/mol. The Balaban J connectivity index is 1.51. The zero-order valence-electron chi connectivity index (χ0n) is 11.9. The Bertz CT molecular complexity index is 388. The Morgan fingerprint density at radius 1 is 1.16 bits per heavy atom. The summed E-state index contributed by atoms with van der Waals surface area (Å²) >= 11 is 0. The van der Waals surface area contributed by atoms with Gasteiger partial charge in [0.05, 0.1) is 11.7 Å². The average molecular weight is 261 g/mol. The van der Waals surface area contributed by atoms with Crippen LogP contribution in [0, 0.1) is 5.92 Å². The summed E-state index contributed by atoms with van der Waals surface area (Å²) in [4.78, 5) is 0. The molecule has 106 valence electrons. The van der Waals surface area contributed by atoms with Crippen molar-refractivity contribution in [3.63, 3.8) is 0 Å². The van der Waals surface area contributed by atoms with Crippen LogP contribution in [0.4, 0.5) is 0 Å². The van der Waals surface area contributed by atoms with E-state index in [1.54, 1.807) is 0 Å². The second-order valence-corrected chi connectivity index (χ2v) is 6.58. The number of hydrogen-bond acceptors (Lipinski definition) is 2. The summed E-state index contributed by atoms with van der Waals surface area (Å²) in [6.07, 6.45) is 15.2. The van der Waals surface area contributed by atoms with E-state index >= 15 is 0 Å². The molecule has 0 spiro atoms. The molecule has 1 heterocycles. The monoisotopic (exact) mass is 261 g/mol. The zero-order chi connectivity index (χ0) is 13.1. The van der Waals surface area contributed by atoms with Gasteiger partial charge in [-0.2, -0.15) is 5.10 Å². The Morgan fingerprint density at radius 2 is 1.95 bits per heavy atom. The van der Waals surface area contributed by atoms with Gasteiger partial charge in [-0.25, -0.2) is 0 Å². The minimum Gasteiger partial charge on any atom is -0.327 e. The van der Waals surface area contributed by atoms with E-state index in [4.69, 9.17) is 10.8 Å². The van der Waals surface area contributed by atoms with Crippen LogP contribution in [0.2, 0.25) is 0 Å². The molecule has 1 aromatic rings. The lowest BCUT2D eigenvalue weighted by atomic mass is 9.80. The molecule has 2 fully saturated rings. The molecule has 3 heteroatoms. The van der Waals surface area contributed by atoms with Crippen molar-refractivity contribution < 1.29 is 0 Å². The highest BCUT2D eigenvalue weighted by Crippen LogP contribution is 2.31. The molecule has 19 heavy (non-hydrogen) atoms. The highest BCUT2D eigenvalue weighted by Gasteiger charge is 2.21. The van der Waals surface area contributed by atoms with Crippen molar-refractivity contribution in [2.75, 3.05) is 0 Å². The number of aromatic nitrogens is 2. The molecular formula is C16H27N3. The largest absolute Gasteiger partial charge is 0.327 e. The second kappa shape index (κ2) is 6.08. The van der Waals surface area contributed by atoms with Crippen molar-refractivity contribution in [3.05, 3.63) is 18.0 Å². The Morgan fingerprint density at radius 3 is 2.63 bits per heavy atom. The minimum absolute atomic E-state index is 0.306. The van der Waals surface area contributed by atoms with Crippen LogP contribution in [0.5, 0.6) is 0 Å². The third-order valence-electron chi connectivity index (χ3n) is 4.94.